The van der Waals surface area contributed by atoms with Gasteiger partial charge in [0, 0.05) is 5.70 Å². The van der Waals surface area contributed by atoms with Crippen LogP contribution < -0.4 is 5.32 Å². The molecule has 1 aromatic rings. The van der Waals surface area contributed by atoms with E-state index in [1.807, 2.05) is 11.4 Å². The third-order valence-electron chi connectivity index (χ3n) is 3.00. The minimum Gasteiger partial charge on any atom is -0.463 e. The van der Waals surface area contributed by atoms with Crippen molar-refractivity contribution < 1.29 is 14.3 Å². The molecule has 0 aromatic carbocycles. The molecule has 4 nitrogen and oxygen atoms in total. The minimum absolute atomic E-state index is 0.145. The Morgan fingerprint density at radius 2 is 2.16 bits per heavy atom. The largest absolute Gasteiger partial charge is 0.463 e. The van der Waals surface area contributed by atoms with Gasteiger partial charge < -0.3 is 10.1 Å². The molecule has 1 N–H and O–H groups in total. The molecule has 5 heteroatoms. The average molecular weight is 279 g/mol. The molecule has 0 radical (unpaired) electrons. The fourth-order valence-electron chi connectivity index (χ4n) is 2.09. The molecular formula is C14H17NO3S. The summed E-state index contributed by atoms with van der Waals surface area (Å²) in [6.07, 6.45) is 3.36. The number of carbonyl (C=O) groups excluding carboxylic acids is 2. The molecule has 1 aromatic heterocycles. The predicted molar refractivity (Wildman–Crippen MR) is 73.9 cm³/mol. The summed E-state index contributed by atoms with van der Waals surface area (Å²) in [5, 5.41) is 4.72. The second-order valence-electron chi connectivity index (χ2n) is 4.32. The zero-order valence-electron chi connectivity index (χ0n) is 10.9. The van der Waals surface area contributed by atoms with Crippen molar-refractivity contribution in [3.63, 3.8) is 0 Å². The standard InChI is InChI=1S/C14H17NO3S/c1-2-18-14(17)10-6-3-4-7-11(10)15-13(16)12-8-5-9-19-12/h5,8-9H,2-4,6-7H2,1H3,(H,15,16). The number of rotatable bonds is 4. The maximum Gasteiger partial charge on any atom is 0.335 e. The molecule has 0 saturated heterocycles. The zero-order chi connectivity index (χ0) is 13.7. The Balaban J connectivity index is 2.14. The van der Waals surface area contributed by atoms with E-state index >= 15 is 0 Å². The van der Waals surface area contributed by atoms with E-state index in [0.717, 1.165) is 25.0 Å². The SMILES string of the molecule is CCOC(=O)C1=C(NC(=O)c2cccs2)CCCC1. The lowest BCUT2D eigenvalue weighted by atomic mass is 9.96. The van der Waals surface area contributed by atoms with E-state index < -0.39 is 0 Å². The molecule has 1 heterocycles. The van der Waals surface area contributed by atoms with Crippen molar-refractivity contribution in [2.24, 2.45) is 0 Å². The van der Waals surface area contributed by atoms with Crippen LogP contribution in [0.2, 0.25) is 0 Å². The van der Waals surface area contributed by atoms with Crippen LogP contribution in [-0.4, -0.2) is 18.5 Å². The zero-order valence-corrected chi connectivity index (χ0v) is 11.7. The van der Waals surface area contributed by atoms with Gasteiger partial charge in [0.15, 0.2) is 0 Å². The Morgan fingerprint density at radius 3 is 2.84 bits per heavy atom. The molecule has 19 heavy (non-hydrogen) atoms. The van der Waals surface area contributed by atoms with Gasteiger partial charge in [-0.3, -0.25) is 4.79 Å². The van der Waals surface area contributed by atoms with E-state index in [2.05, 4.69) is 5.32 Å². The van der Waals surface area contributed by atoms with Crippen molar-refractivity contribution in [2.75, 3.05) is 6.61 Å². The van der Waals surface area contributed by atoms with E-state index in [4.69, 9.17) is 4.74 Å². The predicted octanol–water partition coefficient (Wildman–Crippen LogP) is 2.87. The van der Waals surface area contributed by atoms with Crippen molar-refractivity contribution in [3.05, 3.63) is 33.7 Å². The number of hydrogen-bond acceptors (Lipinski definition) is 4. The molecule has 1 amide bonds. The van der Waals surface area contributed by atoms with Crippen molar-refractivity contribution >= 4 is 23.2 Å². The maximum atomic E-state index is 12.0. The monoisotopic (exact) mass is 279 g/mol. The first-order valence-electron chi connectivity index (χ1n) is 6.46. The second kappa shape index (κ2) is 6.52. The van der Waals surface area contributed by atoms with Crippen LogP contribution in [0, 0.1) is 0 Å². The van der Waals surface area contributed by atoms with Crippen LogP contribution in [0.3, 0.4) is 0 Å². The van der Waals surface area contributed by atoms with Gasteiger partial charge >= 0.3 is 5.97 Å². The van der Waals surface area contributed by atoms with Gasteiger partial charge in [0.05, 0.1) is 17.1 Å². The molecule has 0 bridgehead atoms. The first kappa shape index (κ1) is 13.8. The Morgan fingerprint density at radius 1 is 1.37 bits per heavy atom. The summed E-state index contributed by atoms with van der Waals surface area (Å²) in [7, 11) is 0. The topological polar surface area (TPSA) is 55.4 Å². The van der Waals surface area contributed by atoms with Crippen LogP contribution in [0.5, 0.6) is 0 Å². The van der Waals surface area contributed by atoms with Crippen LogP contribution in [0.4, 0.5) is 0 Å². The molecule has 0 spiro atoms. The number of allylic oxidation sites excluding steroid dienone is 1. The lowest BCUT2D eigenvalue weighted by Gasteiger charge is -2.19. The third kappa shape index (κ3) is 3.44. The molecule has 0 atom stereocenters. The normalized spacial score (nSPS) is 15.2. The number of amides is 1. The first-order chi connectivity index (χ1) is 9.22. The average Bonchev–Trinajstić information content (AvgIpc) is 2.93. The van der Waals surface area contributed by atoms with Crippen molar-refractivity contribution in [1.82, 2.24) is 5.32 Å². The third-order valence-corrected chi connectivity index (χ3v) is 3.87. The van der Waals surface area contributed by atoms with Gasteiger partial charge in [0.25, 0.3) is 5.91 Å². The Labute approximate surface area is 116 Å². The first-order valence-corrected chi connectivity index (χ1v) is 7.34. The fraction of sp³-hybridized carbons (Fsp3) is 0.429. The highest BCUT2D eigenvalue weighted by molar-refractivity contribution is 7.12. The highest BCUT2D eigenvalue weighted by atomic mass is 32.1. The molecule has 1 aliphatic carbocycles. The molecule has 0 saturated carbocycles. The lowest BCUT2D eigenvalue weighted by molar-refractivity contribution is -0.138. The maximum absolute atomic E-state index is 12.0. The van der Waals surface area contributed by atoms with Crippen molar-refractivity contribution in [1.29, 1.82) is 0 Å². The van der Waals surface area contributed by atoms with Gasteiger partial charge in [0.2, 0.25) is 0 Å². The summed E-state index contributed by atoms with van der Waals surface area (Å²) in [6.45, 7) is 2.14. The van der Waals surface area contributed by atoms with Gasteiger partial charge in [0.1, 0.15) is 0 Å². The molecule has 0 fully saturated rings. The van der Waals surface area contributed by atoms with Gasteiger partial charge in [-0.1, -0.05) is 6.07 Å². The van der Waals surface area contributed by atoms with E-state index in [1.54, 1.807) is 13.0 Å². The minimum atomic E-state index is -0.302. The van der Waals surface area contributed by atoms with Gasteiger partial charge in [-0.2, -0.15) is 0 Å². The Hall–Kier alpha value is -1.62. The van der Waals surface area contributed by atoms with Crippen LogP contribution in [0.1, 0.15) is 42.3 Å². The summed E-state index contributed by atoms with van der Waals surface area (Å²) in [4.78, 5) is 24.5. The Bertz CT molecular complexity index is 491. The summed E-state index contributed by atoms with van der Waals surface area (Å²) >= 11 is 1.39. The van der Waals surface area contributed by atoms with Crippen LogP contribution in [-0.2, 0) is 9.53 Å². The van der Waals surface area contributed by atoms with Gasteiger partial charge in [-0.25, -0.2) is 4.79 Å². The molecule has 102 valence electrons. The van der Waals surface area contributed by atoms with E-state index in [0.29, 0.717) is 23.5 Å². The summed E-state index contributed by atoms with van der Waals surface area (Å²) in [5.41, 5.74) is 1.35. The van der Waals surface area contributed by atoms with Crippen molar-refractivity contribution in [3.8, 4) is 0 Å². The second-order valence-corrected chi connectivity index (χ2v) is 5.26. The number of carbonyl (C=O) groups is 2. The van der Waals surface area contributed by atoms with Crippen LogP contribution >= 0.6 is 11.3 Å². The number of ether oxygens (including phenoxy) is 1. The number of esters is 1. The van der Waals surface area contributed by atoms with Crippen molar-refractivity contribution in [2.45, 2.75) is 32.6 Å². The highest BCUT2D eigenvalue weighted by Gasteiger charge is 2.22. The van der Waals surface area contributed by atoms with E-state index in [9.17, 15) is 9.59 Å². The smallest absolute Gasteiger partial charge is 0.335 e. The van der Waals surface area contributed by atoms with Crippen LogP contribution in [0.25, 0.3) is 0 Å². The summed E-state index contributed by atoms with van der Waals surface area (Å²) in [5.74, 6) is -0.447. The summed E-state index contributed by atoms with van der Waals surface area (Å²) < 4.78 is 5.04. The lowest BCUT2D eigenvalue weighted by Crippen LogP contribution is -2.27. The van der Waals surface area contributed by atoms with E-state index in [-0.39, 0.29) is 11.9 Å². The fourth-order valence-corrected chi connectivity index (χ4v) is 2.71. The van der Waals surface area contributed by atoms with E-state index in [1.165, 1.54) is 11.3 Å². The summed E-state index contributed by atoms with van der Waals surface area (Å²) in [6, 6.07) is 3.61. The number of hydrogen-bond donors (Lipinski definition) is 1. The molecule has 0 aliphatic heterocycles. The Kier molecular flexibility index (Phi) is 4.74. The van der Waals surface area contributed by atoms with Gasteiger partial charge in [-0.15, -0.1) is 11.3 Å². The van der Waals surface area contributed by atoms with Gasteiger partial charge in [-0.05, 0) is 44.1 Å². The molecule has 0 unspecified atom stereocenters. The molecular weight excluding hydrogens is 262 g/mol. The van der Waals surface area contributed by atoms with Crippen LogP contribution in [0.15, 0.2) is 28.8 Å². The quantitative estimate of drug-likeness (QED) is 0.862. The highest BCUT2D eigenvalue weighted by Crippen LogP contribution is 2.24. The number of nitrogens with one attached hydrogen (secondary N) is 1. The molecule has 2 rings (SSSR count). The number of thiophene rings is 1. The molecule has 1 aliphatic rings.